The average Bonchev–Trinajstić information content (AvgIpc) is 4.06. The second-order valence-corrected chi connectivity index (χ2v) is 19.1. The maximum atomic E-state index is 6.34. The quantitative estimate of drug-likeness (QED) is 0.160. The van der Waals surface area contributed by atoms with E-state index in [2.05, 4.69) is 194 Å². The topological polar surface area (TPSA) is 56.7 Å². The van der Waals surface area contributed by atoms with Gasteiger partial charge in [-0.15, -0.1) is 0 Å². The normalized spacial score (nSPS) is 12.8. The minimum Gasteiger partial charge on any atom is -0.456 e. The minimum atomic E-state index is -0.0963. The zero-order valence-electron chi connectivity index (χ0n) is 39.1. The van der Waals surface area contributed by atoms with Gasteiger partial charge in [0.1, 0.15) is 11.2 Å². The predicted octanol–water partition coefficient (Wildman–Crippen LogP) is 17.2. The molecule has 0 saturated heterocycles. The number of benzene rings is 10. The molecule has 3 aromatic heterocycles. The van der Waals surface area contributed by atoms with Gasteiger partial charge < -0.3 is 8.98 Å². The fourth-order valence-electron chi connectivity index (χ4n) is 11.2. The van der Waals surface area contributed by atoms with Gasteiger partial charge in [0.05, 0.1) is 11.0 Å². The van der Waals surface area contributed by atoms with E-state index in [1.165, 1.54) is 55.3 Å². The van der Waals surface area contributed by atoms with Crippen LogP contribution in [-0.2, 0) is 5.41 Å². The number of nitrogens with zero attached hydrogens (tertiary/aromatic N) is 4. The fraction of sp³-hybridized carbons (Fsp3) is 0.0455. The maximum absolute atomic E-state index is 6.34. The molecule has 0 spiro atoms. The van der Waals surface area contributed by atoms with E-state index < -0.39 is 0 Å². The predicted molar refractivity (Wildman–Crippen MR) is 292 cm³/mol. The van der Waals surface area contributed by atoms with Crippen molar-refractivity contribution in [3.05, 3.63) is 242 Å². The lowest BCUT2D eigenvalue weighted by Crippen LogP contribution is -2.14. The van der Waals surface area contributed by atoms with Crippen molar-refractivity contribution >= 4 is 43.7 Å². The molecule has 1 aliphatic carbocycles. The molecule has 10 aromatic carbocycles. The summed E-state index contributed by atoms with van der Waals surface area (Å²) in [7, 11) is 0. The van der Waals surface area contributed by atoms with Gasteiger partial charge in [-0.2, -0.15) is 0 Å². The van der Waals surface area contributed by atoms with Crippen LogP contribution in [0.15, 0.2) is 235 Å². The molecule has 14 rings (SSSR count). The first kappa shape index (κ1) is 40.8. The van der Waals surface area contributed by atoms with Crippen molar-refractivity contribution in [2.75, 3.05) is 0 Å². The molecule has 3 heterocycles. The molecule has 0 aliphatic heterocycles. The van der Waals surface area contributed by atoms with Crippen LogP contribution < -0.4 is 0 Å². The first-order chi connectivity index (χ1) is 34.9. The summed E-state index contributed by atoms with van der Waals surface area (Å²) < 4.78 is 8.77. The molecule has 0 fully saturated rings. The zero-order valence-corrected chi connectivity index (χ0v) is 39.1. The molecule has 5 heteroatoms. The number of hydrogen-bond acceptors (Lipinski definition) is 4. The molecule has 13 aromatic rings. The van der Waals surface area contributed by atoms with E-state index in [1.807, 2.05) is 54.6 Å². The van der Waals surface area contributed by atoms with E-state index in [0.29, 0.717) is 17.5 Å². The molecular formula is C66H44N4O. The van der Waals surface area contributed by atoms with Crippen LogP contribution in [0.3, 0.4) is 0 Å². The second kappa shape index (κ2) is 15.9. The van der Waals surface area contributed by atoms with Crippen LogP contribution in [-0.4, -0.2) is 19.5 Å². The highest BCUT2D eigenvalue weighted by atomic mass is 16.3. The second-order valence-electron chi connectivity index (χ2n) is 19.1. The Kier molecular flexibility index (Phi) is 9.17. The van der Waals surface area contributed by atoms with E-state index in [0.717, 1.165) is 66.5 Å². The molecule has 0 amide bonds. The lowest BCUT2D eigenvalue weighted by atomic mass is 9.82. The van der Waals surface area contributed by atoms with E-state index in [1.54, 1.807) is 0 Å². The van der Waals surface area contributed by atoms with Crippen molar-refractivity contribution in [3.8, 4) is 84.4 Å². The summed E-state index contributed by atoms with van der Waals surface area (Å²) in [4.78, 5) is 15.5. The lowest BCUT2D eigenvalue weighted by molar-refractivity contribution is 0.660. The van der Waals surface area contributed by atoms with Crippen LogP contribution >= 0.6 is 0 Å². The Hall–Kier alpha value is -9.19. The smallest absolute Gasteiger partial charge is 0.164 e. The molecule has 0 bridgehead atoms. The third-order valence-corrected chi connectivity index (χ3v) is 14.6. The molecular weight excluding hydrogens is 865 g/mol. The summed E-state index contributed by atoms with van der Waals surface area (Å²) in [6.45, 7) is 4.70. The van der Waals surface area contributed by atoms with E-state index in [-0.39, 0.29) is 5.41 Å². The summed E-state index contributed by atoms with van der Waals surface area (Å²) in [6, 6.07) is 82.3. The highest BCUT2D eigenvalue weighted by molar-refractivity contribution is 6.15. The van der Waals surface area contributed by atoms with E-state index in [4.69, 9.17) is 19.4 Å². The highest BCUT2D eigenvalue weighted by Gasteiger charge is 2.36. The van der Waals surface area contributed by atoms with Crippen molar-refractivity contribution in [3.63, 3.8) is 0 Å². The SMILES string of the molecule is CC1(C)c2ccccc2-c2c(-c3cccc(-c4cc(-c5ccccc5)cc5c6ccccc6n(-c6cccc(-c7nc(-c8ccccc8)nc(-c8ccc9c(c8)oc8ccccc89)n7)c6)c45)c3)cccc21. The van der Waals surface area contributed by atoms with E-state index >= 15 is 0 Å². The Morgan fingerprint density at radius 2 is 0.930 bits per heavy atom. The van der Waals surface area contributed by atoms with Gasteiger partial charge in [-0.3, -0.25) is 0 Å². The Labute approximate surface area is 411 Å². The fourth-order valence-corrected chi connectivity index (χ4v) is 11.2. The Morgan fingerprint density at radius 3 is 1.75 bits per heavy atom. The number of para-hydroxylation sites is 2. The van der Waals surface area contributed by atoms with Gasteiger partial charge in [-0.05, 0) is 105 Å². The van der Waals surface area contributed by atoms with Crippen LogP contribution in [0.25, 0.3) is 128 Å². The average molecular weight is 909 g/mol. The first-order valence-corrected chi connectivity index (χ1v) is 24.3. The molecule has 0 N–H and O–H groups in total. The van der Waals surface area contributed by atoms with Gasteiger partial charge in [0.2, 0.25) is 0 Å². The van der Waals surface area contributed by atoms with Gasteiger partial charge in [-0.25, -0.2) is 15.0 Å². The Balaban J connectivity index is 0.972. The summed E-state index contributed by atoms with van der Waals surface area (Å²) in [5, 5.41) is 4.50. The molecule has 0 unspecified atom stereocenters. The largest absolute Gasteiger partial charge is 0.456 e. The summed E-state index contributed by atoms with van der Waals surface area (Å²) in [5.41, 5.74) is 19.9. The maximum Gasteiger partial charge on any atom is 0.164 e. The van der Waals surface area contributed by atoms with Crippen LogP contribution in [0, 0.1) is 0 Å². The standard InChI is InChI=1S/C66H44N4O/c1-66(2)56-30-12-9-28-53(56)61-49(29-17-31-57(61)66)43-22-15-23-44(36-43)54-38-47(41-18-5-3-6-19-41)39-55-50-26-10-13-32-58(50)70(62(54)55)48-25-16-24-45(37-48)64-67-63(42-20-7-4-8-21-42)68-65(69-64)46-34-35-52-51-27-11-14-33-59(51)71-60(52)40-46/h3-40H,1-2H3. The van der Waals surface area contributed by atoms with Gasteiger partial charge in [0.25, 0.3) is 0 Å². The van der Waals surface area contributed by atoms with Crippen molar-refractivity contribution in [2.45, 2.75) is 19.3 Å². The van der Waals surface area contributed by atoms with Crippen LogP contribution in [0.4, 0.5) is 0 Å². The lowest BCUT2D eigenvalue weighted by Gasteiger charge is -2.21. The number of aromatic nitrogens is 4. The summed E-state index contributed by atoms with van der Waals surface area (Å²) >= 11 is 0. The molecule has 5 nitrogen and oxygen atoms in total. The van der Waals surface area contributed by atoms with Gasteiger partial charge >= 0.3 is 0 Å². The summed E-state index contributed by atoms with van der Waals surface area (Å²) in [6.07, 6.45) is 0. The van der Waals surface area contributed by atoms with Gasteiger partial charge in [-0.1, -0.05) is 190 Å². The first-order valence-electron chi connectivity index (χ1n) is 24.3. The summed E-state index contributed by atoms with van der Waals surface area (Å²) in [5.74, 6) is 1.76. The Morgan fingerprint density at radius 1 is 0.352 bits per heavy atom. The zero-order chi connectivity index (χ0) is 47.2. The van der Waals surface area contributed by atoms with Crippen LogP contribution in [0.2, 0.25) is 0 Å². The minimum absolute atomic E-state index is 0.0963. The molecule has 0 atom stereocenters. The van der Waals surface area contributed by atoms with Crippen LogP contribution in [0.5, 0.6) is 0 Å². The van der Waals surface area contributed by atoms with Gasteiger partial charge in [0.15, 0.2) is 17.5 Å². The molecule has 71 heavy (non-hydrogen) atoms. The van der Waals surface area contributed by atoms with Crippen molar-refractivity contribution < 1.29 is 4.42 Å². The number of hydrogen-bond donors (Lipinski definition) is 0. The molecule has 334 valence electrons. The van der Waals surface area contributed by atoms with Crippen molar-refractivity contribution in [2.24, 2.45) is 0 Å². The highest BCUT2D eigenvalue weighted by Crippen LogP contribution is 2.52. The van der Waals surface area contributed by atoms with Crippen molar-refractivity contribution in [1.82, 2.24) is 19.5 Å². The van der Waals surface area contributed by atoms with E-state index in [9.17, 15) is 0 Å². The number of rotatable bonds is 7. The third kappa shape index (κ3) is 6.58. The monoisotopic (exact) mass is 908 g/mol. The van der Waals surface area contributed by atoms with Crippen molar-refractivity contribution in [1.29, 1.82) is 0 Å². The number of fused-ring (bicyclic) bond motifs is 9. The molecule has 0 saturated carbocycles. The molecule has 1 aliphatic rings. The Bertz CT molecular complexity index is 4260. The van der Waals surface area contributed by atoms with Gasteiger partial charge in [0, 0.05) is 54.9 Å². The molecule has 0 radical (unpaired) electrons. The van der Waals surface area contributed by atoms with Crippen LogP contribution in [0.1, 0.15) is 25.0 Å². The number of furan rings is 1. The third-order valence-electron chi connectivity index (χ3n) is 14.6.